The number of para-hydroxylation sites is 1. The number of rotatable bonds is 3. The number of aromatic nitrogens is 2. The summed E-state index contributed by atoms with van der Waals surface area (Å²) in [5, 5.41) is 3.98. The van der Waals surface area contributed by atoms with Crippen molar-refractivity contribution in [2.24, 2.45) is 0 Å². The Bertz CT molecular complexity index is 652. The molecule has 1 aliphatic heterocycles. The Hall–Kier alpha value is -1.72. The molecule has 3 rings (SSSR count). The van der Waals surface area contributed by atoms with Crippen LogP contribution in [0, 0.1) is 0 Å². The van der Waals surface area contributed by atoms with Crippen LogP contribution in [0.4, 0.5) is 0 Å². The van der Waals surface area contributed by atoms with Gasteiger partial charge in [0.1, 0.15) is 5.82 Å². The smallest absolute Gasteiger partial charge is 0.258 e. The minimum atomic E-state index is -0.0484. The maximum absolute atomic E-state index is 12.0. The molecule has 0 aliphatic carbocycles. The van der Waals surface area contributed by atoms with Gasteiger partial charge in [-0.25, -0.2) is 4.98 Å². The first-order valence-corrected chi connectivity index (χ1v) is 7.14. The molecule has 0 radical (unpaired) electrons. The monoisotopic (exact) mass is 272 g/mol. The zero-order chi connectivity index (χ0) is 13.9. The van der Waals surface area contributed by atoms with Gasteiger partial charge in [-0.15, -0.1) is 0 Å². The molecule has 2 aromatic rings. The van der Waals surface area contributed by atoms with Crippen LogP contribution in [0.15, 0.2) is 29.1 Å². The molecule has 5 heteroatoms. The van der Waals surface area contributed by atoms with Crippen molar-refractivity contribution in [1.82, 2.24) is 20.2 Å². The highest BCUT2D eigenvalue weighted by molar-refractivity contribution is 5.77. The highest BCUT2D eigenvalue weighted by atomic mass is 16.1. The van der Waals surface area contributed by atoms with Crippen LogP contribution >= 0.6 is 0 Å². The lowest BCUT2D eigenvalue weighted by atomic mass is 10.1. The van der Waals surface area contributed by atoms with E-state index in [0.29, 0.717) is 18.0 Å². The highest BCUT2D eigenvalue weighted by Crippen LogP contribution is 2.12. The van der Waals surface area contributed by atoms with Gasteiger partial charge in [-0.1, -0.05) is 12.1 Å². The fourth-order valence-electron chi connectivity index (χ4n) is 2.86. The van der Waals surface area contributed by atoms with Crippen molar-refractivity contribution in [2.45, 2.75) is 25.4 Å². The first-order valence-electron chi connectivity index (χ1n) is 7.14. The molecule has 0 bridgehead atoms. The van der Waals surface area contributed by atoms with E-state index in [1.165, 1.54) is 12.8 Å². The largest absolute Gasteiger partial charge is 0.316 e. The second-order valence-electron chi connectivity index (χ2n) is 5.39. The molecule has 5 nitrogen and oxygen atoms in total. The topological polar surface area (TPSA) is 61.0 Å². The third kappa shape index (κ3) is 2.73. The van der Waals surface area contributed by atoms with E-state index in [2.05, 4.69) is 20.2 Å². The quantitative estimate of drug-likeness (QED) is 0.878. The molecular weight excluding hydrogens is 252 g/mol. The zero-order valence-electron chi connectivity index (χ0n) is 11.7. The first kappa shape index (κ1) is 13.3. The Balaban J connectivity index is 1.82. The molecule has 1 atom stereocenters. The number of hydrogen-bond donors (Lipinski definition) is 2. The molecule has 2 heterocycles. The van der Waals surface area contributed by atoms with Gasteiger partial charge in [0.25, 0.3) is 5.56 Å². The van der Waals surface area contributed by atoms with Crippen molar-refractivity contribution in [2.75, 3.05) is 20.1 Å². The lowest BCUT2D eigenvalue weighted by Gasteiger charge is -2.32. The van der Waals surface area contributed by atoms with Gasteiger partial charge in [0.15, 0.2) is 0 Å². The van der Waals surface area contributed by atoms with Crippen LogP contribution in [0.3, 0.4) is 0 Å². The van der Waals surface area contributed by atoms with Gasteiger partial charge in [-0.05, 0) is 38.6 Å². The van der Waals surface area contributed by atoms with Gasteiger partial charge >= 0.3 is 0 Å². The van der Waals surface area contributed by atoms with E-state index < -0.39 is 0 Å². The van der Waals surface area contributed by atoms with Crippen LogP contribution < -0.4 is 10.9 Å². The van der Waals surface area contributed by atoms with Crippen molar-refractivity contribution < 1.29 is 0 Å². The summed E-state index contributed by atoms with van der Waals surface area (Å²) in [5.74, 6) is 0.755. The second-order valence-corrected chi connectivity index (χ2v) is 5.39. The van der Waals surface area contributed by atoms with Crippen molar-refractivity contribution in [1.29, 1.82) is 0 Å². The summed E-state index contributed by atoms with van der Waals surface area (Å²) in [7, 11) is 2.00. The zero-order valence-corrected chi connectivity index (χ0v) is 11.7. The predicted octanol–water partition coefficient (Wildman–Crippen LogP) is 1.11. The number of nitrogens with one attached hydrogen (secondary N) is 2. The molecule has 2 N–H and O–H groups in total. The minimum Gasteiger partial charge on any atom is -0.316 e. The van der Waals surface area contributed by atoms with Crippen LogP contribution in [-0.2, 0) is 6.54 Å². The molecule has 1 saturated heterocycles. The average Bonchev–Trinajstić information content (AvgIpc) is 2.47. The number of likely N-dealkylation sites (tertiary alicyclic amines) is 1. The number of benzene rings is 1. The maximum atomic E-state index is 12.0. The first-order chi connectivity index (χ1) is 9.76. The van der Waals surface area contributed by atoms with E-state index >= 15 is 0 Å². The summed E-state index contributed by atoms with van der Waals surface area (Å²) >= 11 is 0. The van der Waals surface area contributed by atoms with Crippen molar-refractivity contribution in [3.63, 3.8) is 0 Å². The number of nitrogens with zero attached hydrogens (tertiary/aromatic N) is 2. The molecule has 1 aromatic carbocycles. The molecule has 0 spiro atoms. The lowest BCUT2D eigenvalue weighted by molar-refractivity contribution is 0.184. The van der Waals surface area contributed by atoms with E-state index in [4.69, 9.17) is 0 Å². The van der Waals surface area contributed by atoms with Crippen LogP contribution in [-0.4, -0.2) is 41.0 Å². The average molecular weight is 272 g/mol. The minimum absolute atomic E-state index is 0.0484. The second kappa shape index (κ2) is 5.73. The summed E-state index contributed by atoms with van der Waals surface area (Å²) in [5.41, 5.74) is 0.723. The van der Waals surface area contributed by atoms with Crippen LogP contribution in [0.2, 0.25) is 0 Å². The fraction of sp³-hybridized carbons (Fsp3) is 0.467. The third-order valence-electron chi connectivity index (χ3n) is 3.95. The summed E-state index contributed by atoms with van der Waals surface area (Å²) in [6.07, 6.45) is 2.40. The Morgan fingerprint density at radius 2 is 2.30 bits per heavy atom. The van der Waals surface area contributed by atoms with Gasteiger partial charge in [0, 0.05) is 12.6 Å². The Morgan fingerprint density at radius 1 is 1.45 bits per heavy atom. The number of H-pyrrole nitrogens is 1. The van der Waals surface area contributed by atoms with Gasteiger partial charge in [-0.2, -0.15) is 0 Å². The van der Waals surface area contributed by atoms with E-state index in [1.807, 2.05) is 31.3 Å². The van der Waals surface area contributed by atoms with Gasteiger partial charge < -0.3 is 10.3 Å². The van der Waals surface area contributed by atoms with Gasteiger partial charge in [0.2, 0.25) is 0 Å². The summed E-state index contributed by atoms with van der Waals surface area (Å²) in [4.78, 5) is 21.8. The van der Waals surface area contributed by atoms with E-state index in [9.17, 15) is 4.79 Å². The van der Waals surface area contributed by atoms with Crippen molar-refractivity contribution in [3.05, 3.63) is 40.4 Å². The maximum Gasteiger partial charge on any atom is 0.258 e. The van der Waals surface area contributed by atoms with Gasteiger partial charge in [0.05, 0.1) is 17.4 Å². The SMILES string of the molecule is CNC1CCCN(Cc2nc3ccccc3c(=O)[nH]2)C1. The molecule has 106 valence electrons. The van der Waals surface area contributed by atoms with Crippen LogP contribution in [0.1, 0.15) is 18.7 Å². The predicted molar refractivity (Wildman–Crippen MR) is 79.7 cm³/mol. The van der Waals surface area contributed by atoms with E-state index in [1.54, 1.807) is 0 Å². The van der Waals surface area contributed by atoms with E-state index in [-0.39, 0.29) is 5.56 Å². The Labute approximate surface area is 118 Å². The number of aromatic amines is 1. The molecule has 1 aliphatic rings. The van der Waals surface area contributed by atoms with Gasteiger partial charge in [-0.3, -0.25) is 9.69 Å². The molecule has 1 unspecified atom stereocenters. The standard InChI is InChI=1S/C15H20N4O/c1-16-11-5-4-8-19(9-11)10-14-17-13-7-3-2-6-12(13)15(20)18-14/h2-3,6-7,11,16H,4-5,8-10H2,1H3,(H,17,18,20). The summed E-state index contributed by atoms with van der Waals surface area (Å²) < 4.78 is 0. The van der Waals surface area contributed by atoms with E-state index in [0.717, 1.165) is 24.4 Å². The summed E-state index contributed by atoms with van der Waals surface area (Å²) in [6.45, 7) is 2.78. The Kier molecular flexibility index (Phi) is 3.80. The molecule has 0 amide bonds. The Morgan fingerprint density at radius 3 is 3.15 bits per heavy atom. The third-order valence-corrected chi connectivity index (χ3v) is 3.95. The lowest BCUT2D eigenvalue weighted by Crippen LogP contribution is -2.44. The number of piperidine rings is 1. The van der Waals surface area contributed by atoms with Crippen LogP contribution in [0.5, 0.6) is 0 Å². The molecule has 20 heavy (non-hydrogen) atoms. The van der Waals surface area contributed by atoms with Crippen molar-refractivity contribution in [3.8, 4) is 0 Å². The highest BCUT2D eigenvalue weighted by Gasteiger charge is 2.19. The summed E-state index contributed by atoms with van der Waals surface area (Å²) in [6, 6.07) is 8.01. The number of likely N-dealkylation sites (N-methyl/N-ethyl adjacent to an activating group) is 1. The molecule has 1 aromatic heterocycles. The van der Waals surface area contributed by atoms with Crippen LogP contribution in [0.25, 0.3) is 10.9 Å². The molecular formula is C15H20N4O. The van der Waals surface area contributed by atoms with Crippen molar-refractivity contribution >= 4 is 10.9 Å². The molecule has 1 fully saturated rings. The fourth-order valence-corrected chi connectivity index (χ4v) is 2.86. The normalized spacial score (nSPS) is 20.4. The number of hydrogen-bond acceptors (Lipinski definition) is 4. The number of fused-ring (bicyclic) bond motifs is 1. The molecule has 0 saturated carbocycles.